The highest BCUT2D eigenvalue weighted by atomic mass is 35.5. The SMILES string of the molecule is CC(=O)Nc1ccc(NC(=O)c2cc(S(=O)(=O)N(C)Cc3ccccc3)ccc2Cl)cc1. The molecule has 0 aromatic heterocycles. The summed E-state index contributed by atoms with van der Waals surface area (Å²) in [6, 6.07) is 19.7. The summed E-state index contributed by atoms with van der Waals surface area (Å²) < 4.78 is 27.3. The second-order valence-corrected chi connectivity index (χ2v) is 9.55. The van der Waals surface area contributed by atoms with Crippen molar-refractivity contribution >= 4 is 44.8 Å². The average molecular weight is 472 g/mol. The van der Waals surface area contributed by atoms with Crippen LogP contribution in [-0.4, -0.2) is 31.6 Å². The molecule has 166 valence electrons. The molecule has 3 aromatic carbocycles. The number of benzene rings is 3. The van der Waals surface area contributed by atoms with Crippen molar-refractivity contribution in [1.82, 2.24) is 4.31 Å². The molecular formula is C23H22ClN3O4S. The van der Waals surface area contributed by atoms with Gasteiger partial charge in [0.15, 0.2) is 0 Å². The summed E-state index contributed by atoms with van der Waals surface area (Å²) in [7, 11) is -2.37. The molecule has 32 heavy (non-hydrogen) atoms. The van der Waals surface area contributed by atoms with Gasteiger partial charge < -0.3 is 10.6 Å². The summed E-state index contributed by atoms with van der Waals surface area (Å²) >= 11 is 6.18. The smallest absolute Gasteiger partial charge is 0.257 e. The molecule has 0 saturated carbocycles. The Hall–Kier alpha value is -3.20. The highest BCUT2D eigenvalue weighted by Crippen LogP contribution is 2.25. The Bertz CT molecular complexity index is 1230. The Morgan fingerprint density at radius 1 is 0.906 bits per heavy atom. The van der Waals surface area contributed by atoms with Crippen molar-refractivity contribution in [2.75, 3.05) is 17.7 Å². The van der Waals surface area contributed by atoms with Crippen LogP contribution in [0.1, 0.15) is 22.8 Å². The van der Waals surface area contributed by atoms with E-state index in [9.17, 15) is 18.0 Å². The van der Waals surface area contributed by atoms with Crippen LogP contribution in [0, 0.1) is 0 Å². The molecule has 0 aliphatic rings. The predicted molar refractivity (Wildman–Crippen MR) is 125 cm³/mol. The van der Waals surface area contributed by atoms with Gasteiger partial charge in [0.05, 0.1) is 15.5 Å². The first kappa shape index (κ1) is 23.5. The average Bonchev–Trinajstić information content (AvgIpc) is 2.75. The Kier molecular flexibility index (Phi) is 7.29. The minimum absolute atomic E-state index is 0.0341. The van der Waals surface area contributed by atoms with Gasteiger partial charge in [-0.1, -0.05) is 41.9 Å². The number of anilines is 2. The van der Waals surface area contributed by atoms with Gasteiger partial charge in [-0.2, -0.15) is 4.31 Å². The van der Waals surface area contributed by atoms with Crippen LogP contribution in [0.2, 0.25) is 5.02 Å². The van der Waals surface area contributed by atoms with E-state index in [-0.39, 0.29) is 27.9 Å². The van der Waals surface area contributed by atoms with Gasteiger partial charge in [-0.3, -0.25) is 9.59 Å². The van der Waals surface area contributed by atoms with Crippen LogP contribution in [0.4, 0.5) is 11.4 Å². The molecule has 3 rings (SSSR count). The zero-order valence-electron chi connectivity index (χ0n) is 17.5. The molecule has 7 nitrogen and oxygen atoms in total. The number of amides is 2. The lowest BCUT2D eigenvalue weighted by Crippen LogP contribution is -2.27. The zero-order valence-corrected chi connectivity index (χ0v) is 19.1. The molecule has 0 radical (unpaired) electrons. The quantitative estimate of drug-likeness (QED) is 0.534. The molecular weight excluding hydrogens is 450 g/mol. The predicted octanol–water partition coefficient (Wildman–Crippen LogP) is 4.37. The summed E-state index contributed by atoms with van der Waals surface area (Å²) in [5.41, 5.74) is 1.93. The maximum absolute atomic E-state index is 13.0. The lowest BCUT2D eigenvalue weighted by atomic mass is 10.2. The van der Waals surface area contributed by atoms with Crippen molar-refractivity contribution in [3.63, 3.8) is 0 Å². The Morgan fingerprint density at radius 2 is 1.50 bits per heavy atom. The monoisotopic (exact) mass is 471 g/mol. The minimum Gasteiger partial charge on any atom is -0.326 e. The lowest BCUT2D eigenvalue weighted by molar-refractivity contribution is -0.114. The summed E-state index contributed by atoms with van der Waals surface area (Å²) in [6.45, 7) is 1.59. The molecule has 0 spiro atoms. The minimum atomic E-state index is -3.85. The summed E-state index contributed by atoms with van der Waals surface area (Å²) in [5.74, 6) is -0.756. The van der Waals surface area contributed by atoms with Crippen LogP contribution in [-0.2, 0) is 21.4 Å². The van der Waals surface area contributed by atoms with E-state index < -0.39 is 15.9 Å². The highest BCUT2D eigenvalue weighted by Gasteiger charge is 2.23. The Balaban J connectivity index is 1.79. The number of nitrogens with zero attached hydrogens (tertiary/aromatic N) is 1. The van der Waals surface area contributed by atoms with Crippen molar-refractivity contribution in [2.24, 2.45) is 0 Å². The zero-order chi connectivity index (χ0) is 23.3. The fourth-order valence-electron chi connectivity index (χ4n) is 2.98. The molecule has 0 saturated heterocycles. The number of rotatable bonds is 7. The summed E-state index contributed by atoms with van der Waals surface area (Å²) in [6.07, 6.45) is 0. The maximum atomic E-state index is 13.0. The van der Waals surface area contributed by atoms with Crippen LogP contribution in [0.5, 0.6) is 0 Å². The van der Waals surface area contributed by atoms with Crippen LogP contribution in [0.15, 0.2) is 77.7 Å². The van der Waals surface area contributed by atoms with Gasteiger partial charge in [0, 0.05) is 31.9 Å². The van der Waals surface area contributed by atoms with Gasteiger partial charge in [-0.05, 0) is 48.0 Å². The first-order valence-electron chi connectivity index (χ1n) is 9.65. The van der Waals surface area contributed by atoms with Crippen LogP contribution in [0.25, 0.3) is 0 Å². The van der Waals surface area contributed by atoms with E-state index in [0.717, 1.165) is 5.56 Å². The Morgan fingerprint density at radius 3 is 2.09 bits per heavy atom. The number of hydrogen-bond acceptors (Lipinski definition) is 4. The molecule has 0 aliphatic carbocycles. The maximum Gasteiger partial charge on any atom is 0.257 e. The van der Waals surface area contributed by atoms with E-state index in [4.69, 9.17) is 11.6 Å². The molecule has 0 unspecified atom stereocenters. The number of halogens is 1. The van der Waals surface area contributed by atoms with Gasteiger partial charge in [0.2, 0.25) is 15.9 Å². The molecule has 2 N–H and O–H groups in total. The molecule has 0 atom stereocenters. The van der Waals surface area contributed by atoms with Crippen molar-refractivity contribution in [1.29, 1.82) is 0 Å². The fraction of sp³-hybridized carbons (Fsp3) is 0.130. The van der Waals surface area contributed by atoms with Gasteiger partial charge in [0.25, 0.3) is 5.91 Å². The van der Waals surface area contributed by atoms with Gasteiger partial charge in [-0.15, -0.1) is 0 Å². The third-order valence-electron chi connectivity index (χ3n) is 4.60. The standard InChI is InChI=1S/C23H22ClN3O4S/c1-16(28)25-18-8-10-19(11-9-18)26-23(29)21-14-20(12-13-22(21)24)32(30,31)27(2)15-17-6-4-3-5-7-17/h3-14H,15H2,1-2H3,(H,25,28)(H,26,29). The first-order chi connectivity index (χ1) is 15.2. The van der Waals surface area contributed by atoms with Crippen molar-refractivity contribution in [3.05, 3.63) is 88.9 Å². The van der Waals surface area contributed by atoms with E-state index in [2.05, 4.69) is 10.6 Å². The molecule has 9 heteroatoms. The van der Waals surface area contributed by atoms with Gasteiger partial charge in [0.1, 0.15) is 0 Å². The van der Waals surface area contributed by atoms with E-state index in [1.54, 1.807) is 24.3 Å². The van der Waals surface area contributed by atoms with Crippen molar-refractivity contribution in [3.8, 4) is 0 Å². The van der Waals surface area contributed by atoms with E-state index in [1.807, 2.05) is 30.3 Å². The molecule has 3 aromatic rings. The van der Waals surface area contributed by atoms with Crippen LogP contribution < -0.4 is 10.6 Å². The summed E-state index contributed by atoms with van der Waals surface area (Å²) in [4.78, 5) is 23.8. The number of hydrogen-bond donors (Lipinski definition) is 2. The highest BCUT2D eigenvalue weighted by molar-refractivity contribution is 7.89. The normalized spacial score (nSPS) is 11.2. The number of sulfonamides is 1. The van der Waals surface area contributed by atoms with Crippen molar-refractivity contribution < 1.29 is 18.0 Å². The second-order valence-electron chi connectivity index (χ2n) is 7.10. The van der Waals surface area contributed by atoms with E-state index >= 15 is 0 Å². The third kappa shape index (κ3) is 5.73. The Labute approximate surface area is 192 Å². The summed E-state index contributed by atoms with van der Waals surface area (Å²) in [5, 5.41) is 5.44. The van der Waals surface area contributed by atoms with Crippen LogP contribution >= 0.6 is 11.6 Å². The fourth-order valence-corrected chi connectivity index (χ4v) is 4.37. The lowest BCUT2D eigenvalue weighted by Gasteiger charge is -2.18. The van der Waals surface area contributed by atoms with E-state index in [1.165, 1.54) is 36.5 Å². The molecule has 0 heterocycles. The largest absolute Gasteiger partial charge is 0.326 e. The first-order valence-corrected chi connectivity index (χ1v) is 11.5. The third-order valence-corrected chi connectivity index (χ3v) is 6.73. The van der Waals surface area contributed by atoms with E-state index in [0.29, 0.717) is 11.4 Å². The number of carbonyl (C=O) groups excluding carboxylic acids is 2. The molecule has 0 bridgehead atoms. The van der Waals surface area contributed by atoms with Gasteiger partial charge in [-0.25, -0.2) is 8.42 Å². The number of nitrogens with one attached hydrogen (secondary N) is 2. The molecule has 0 fully saturated rings. The molecule has 0 aliphatic heterocycles. The molecule has 2 amide bonds. The van der Waals surface area contributed by atoms with Crippen molar-refractivity contribution in [2.45, 2.75) is 18.4 Å². The topological polar surface area (TPSA) is 95.6 Å². The van der Waals surface area contributed by atoms with Gasteiger partial charge >= 0.3 is 0 Å². The second kappa shape index (κ2) is 9.95. The number of carbonyl (C=O) groups is 2. The van der Waals surface area contributed by atoms with Crippen LogP contribution in [0.3, 0.4) is 0 Å².